The van der Waals surface area contributed by atoms with E-state index in [0.717, 1.165) is 24.9 Å². The van der Waals surface area contributed by atoms with Crippen molar-refractivity contribution in [2.24, 2.45) is 11.8 Å². The SMILES string of the molecule is COC(=O)NC(=O)CN1CC[C@H]2CCCC[C@@H]2C1. The van der Waals surface area contributed by atoms with Gasteiger partial charge in [0.15, 0.2) is 0 Å². The van der Waals surface area contributed by atoms with Crippen molar-refractivity contribution in [2.45, 2.75) is 32.1 Å². The van der Waals surface area contributed by atoms with Gasteiger partial charge in [-0.3, -0.25) is 15.0 Å². The summed E-state index contributed by atoms with van der Waals surface area (Å²) in [4.78, 5) is 24.7. The average molecular weight is 254 g/mol. The molecule has 1 N–H and O–H groups in total. The molecule has 102 valence electrons. The monoisotopic (exact) mass is 254 g/mol. The number of piperidine rings is 1. The van der Waals surface area contributed by atoms with Crippen LogP contribution in [0.5, 0.6) is 0 Å². The zero-order valence-electron chi connectivity index (χ0n) is 11.0. The zero-order valence-corrected chi connectivity index (χ0v) is 11.0. The summed E-state index contributed by atoms with van der Waals surface area (Å²) in [5, 5.41) is 2.21. The van der Waals surface area contributed by atoms with E-state index in [1.807, 2.05) is 0 Å². The quantitative estimate of drug-likeness (QED) is 0.809. The molecule has 5 heteroatoms. The number of rotatable bonds is 2. The van der Waals surface area contributed by atoms with Crippen LogP contribution in [0.3, 0.4) is 0 Å². The van der Waals surface area contributed by atoms with Crippen molar-refractivity contribution < 1.29 is 14.3 Å². The maximum Gasteiger partial charge on any atom is 0.413 e. The minimum absolute atomic E-state index is 0.267. The number of hydrogen-bond acceptors (Lipinski definition) is 4. The van der Waals surface area contributed by atoms with Gasteiger partial charge in [-0.2, -0.15) is 0 Å². The van der Waals surface area contributed by atoms with Gasteiger partial charge in [-0.05, 0) is 31.2 Å². The van der Waals surface area contributed by atoms with E-state index in [-0.39, 0.29) is 5.91 Å². The van der Waals surface area contributed by atoms with Gasteiger partial charge >= 0.3 is 6.09 Å². The first-order valence-electron chi connectivity index (χ1n) is 6.79. The number of methoxy groups -OCH3 is 1. The normalized spacial score (nSPS) is 28.3. The number of hydrogen-bond donors (Lipinski definition) is 1. The number of alkyl carbamates (subject to hydrolysis) is 1. The van der Waals surface area contributed by atoms with Crippen molar-refractivity contribution in [3.05, 3.63) is 0 Å². The van der Waals surface area contributed by atoms with Crippen LogP contribution in [0.15, 0.2) is 0 Å². The number of carbonyl (C=O) groups is 2. The van der Waals surface area contributed by atoms with Crippen molar-refractivity contribution in [3.63, 3.8) is 0 Å². The molecule has 0 aromatic rings. The third-order valence-electron chi connectivity index (χ3n) is 4.17. The molecule has 1 aliphatic heterocycles. The molecular weight excluding hydrogens is 232 g/mol. The van der Waals surface area contributed by atoms with E-state index in [2.05, 4.69) is 15.0 Å². The fourth-order valence-electron chi connectivity index (χ4n) is 3.23. The van der Waals surface area contributed by atoms with Gasteiger partial charge in [-0.25, -0.2) is 4.79 Å². The Kier molecular flexibility index (Phi) is 4.58. The molecule has 1 aliphatic carbocycles. The first kappa shape index (κ1) is 13.3. The number of ether oxygens (including phenoxy) is 1. The maximum absolute atomic E-state index is 11.6. The van der Waals surface area contributed by atoms with Crippen LogP contribution in [0.1, 0.15) is 32.1 Å². The molecule has 0 bridgehead atoms. The fourth-order valence-corrected chi connectivity index (χ4v) is 3.23. The number of likely N-dealkylation sites (tertiary alicyclic amines) is 1. The van der Waals surface area contributed by atoms with E-state index in [1.165, 1.54) is 39.2 Å². The minimum Gasteiger partial charge on any atom is -0.453 e. The Hall–Kier alpha value is -1.10. The molecule has 1 saturated heterocycles. The number of imide groups is 1. The molecule has 2 atom stereocenters. The lowest BCUT2D eigenvalue weighted by Gasteiger charge is -2.40. The van der Waals surface area contributed by atoms with Crippen LogP contribution in [0, 0.1) is 11.8 Å². The maximum atomic E-state index is 11.6. The highest BCUT2D eigenvalue weighted by molar-refractivity contribution is 5.92. The number of fused-ring (bicyclic) bond motifs is 1. The zero-order chi connectivity index (χ0) is 13.0. The Morgan fingerprint density at radius 3 is 2.67 bits per heavy atom. The molecule has 0 spiro atoms. The second-order valence-electron chi connectivity index (χ2n) is 5.37. The smallest absolute Gasteiger partial charge is 0.413 e. The van der Waals surface area contributed by atoms with E-state index in [4.69, 9.17) is 0 Å². The summed E-state index contributed by atoms with van der Waals surface area (Å²) in [6, 6.07) is 0. The lowest BCUT2D eigenvalue weighted by molar-refractivity contribution is -0.122. The second kappa shape index (κ2) is 6.18. The summed E-state index contributed by atoms with van der Waals surface area (Å²) in [6.45, 7) is 2.27. The summed E-state index contributed by atoms with van der Waals surface area (Å²) >= 11 is 0. The molecule has 0 unspecified atom stereocenters. The lowest BCUT2D eigenvalue weighted by Crippen LogP contribution is -2.47. The molecule has 0 aromatic heterocycles. The number of nitrogens with one attached hydrogen (secondary N) is 1. The molecule has 1 saturated carbocycles. The van der Waals surface area contributed by atoms with Gasteiger partial charge in [-0.15, -0.1) is 0 Å². The van der Waals surface area contributed by atoms with E-state index in [0.29, 0.717) is 6.54 Å². The topological polar surface area (TPSA) is 58.6 Å². The average Bonchev–Trinajstić information content (AvgIpc) is 2.38. The van der Waals surface area contributed by atoms with Crippen LogP contribution in [-0.4, -0.2) is 43.6 Å². The molecule has 18 heavy (non-hydrogen) atoms. The van der Waals surface area contributed by atoms with E-state index < -0.39 is 6.09 Å². The summed E-state index contributed by atoms with van der Waals surface area (Å²) in [7, 11) is 1.26. The largest absolute Gasteiger partial charge is 0.453 e. The van der Waals surface area contributed by atoms with Crippen LogP contribution >= 0.6 is 0 Å². The summed E-state index contributed by atoms with van der Waals surface area (Å²) in [5.74, 6) is 1.34. The molecule has 5 nitrogen and oxygen atoms in total. The lowest BCUT2D eigenvalue weighted by atomic mass is 9.75. The first-order chi connectivity index (χ1) is 8.69. The summed E-state index contributed by atoms with van der Waals surface area (Å²) < 4.78 is 4.41. The van der Waals surface area contributed by atoms with Crippen molar-refractivity contribution in [2.75, 3.05) is 26.7 Å². The van der Waals surface area contributed by atoms with Crippen molar-refractivity contribution in [1.29, 1.82) is 0 Å². The highest BCUT2D eigenvalue weighted by atomic mass is 16.5. The van der Waals surface area contributed by atoms with E-state index >= 15 is 0 Å². The van der Waals surface area contributed by atoms with Crippen molar-refractivity contribution >= 4 is 12.0 Å². The van der Waals surface area contributed by atoms with Gasteiger partial charge in [0.25, 0.3) is 0 Å². The molecule has 2 rings (SSSR count). The molecule has 2 fully saturated rings. The second-order valence-corrected chi connectivity index (χ2v) is 5.37. The van der Waals surface area contributed by atoms with E-state index in [1.54, 1.807) is 0 Å². The number of amides is 2. The predicted molar refractivity (Wildman–Crippen MR) is 67.1 cm³/mol. The molecular formula is C13H22N2O3. The molecule has 1 heterocycles. The van der Waals surface area contributed by atoms with Crippen molar-refractivity contribution in [3.8, 4) is 0 Å². The molecule has 2 amide bonds. The Balaban J connectivity index is 1.77. The highest BCUT2D eigenvalue weighted by Gasteiger charge is 2.31. The Morgan fingerprint density at radius 1 is 1.22 bits per heavy atom. The van der Waals surface area contributed by atoms with Gasteiger partial charge in [-0.1, -0.05) is 19.3 Å². The summed E-state index contributed by atoms with van der Waals surface area (Å²) in [6.07, 6.45) is 5.85. The standard InChI is InChI=1S/C13H22N2O3/c1-18-13(17)14-12(16)9-15-7-6-10-4-2-3-5-11(10)8-15/h10-11H,2-9H2,1H3,(H,14,16,17)/t10-,11-/m1/s1. The van der Waals surface area contributed by atoms with Gasteiger partial charge < -0.3 is 4.74 Å². The van der Waals surface area contributed by atoms with Crippen LogP contribution < -0.4 is 5.32 Å². The third kappa shape index (κ3) is 3.45. The Morgan fingerprint density at radius 2 is 1.94 bits per heavy atom. The van der Waals surface area contributed by atoms with E-state index in [9.17, 15) is 9.59 Å². The third-order valence-corrected chi connectivity index (χ3v) is 4.17. The first-order valence-corrected chi connectivity index (χ1v) is 6.79. The van der Waals surface area contributed by atoms with Crippen LogP contribution in [-0.2, 0) is 9.53 Å². The Labute approximate surface area is 108 Å². The molecule has 0 aromatic carbocycles. The van der Waals surface area contributed by atoms with Crippen molar-refractivity contribution in [1.82, 2.24) is 10.2 Å². The summed E-state index contributed by atoms with van der Waals surface area (Å²) in [5.41, 5.74) is 0. The van der Waals surface area contributed by atoms with Crippen LogP contribution in [0.4, 0.5) is 4.79 Å². The number of carbonyl (C=O) groups excluding carboxylic acids is 2. The highest BCUT2D eigenvalue weighted by Crippen LogP contribution is 2.35. The van der Waals surface area contributed by atoms with Crippen LogP contribution in [0.2, 0.25) is 0 Å². The molecule has 0 radical (unpaired) electrons. The Bertz CT molecular complexity index is 319. The molecule has 2 aliphatic rings. The van der Waals surface area contributed by atoms with Gasteiger partial charge in [0, 0.05) is 6.54 Å². The fraction of sp³-hybridized carbons (Fsp3) is 0.846. The van der Waals surface area contributed by atoms with Gasteiger partial charge in [0.2, 0.25) is 5.91 Å². The minimum atomic E-state index is -0.674. The number of nitrogens with zero attached hydrogens (tertiary/aromatic N) is 1. The predicted octanol–water partition coefficient (Wildman–Crippen LogP) is 1.38. The van der Waals surface area contributed by atoms with Gasteiger partial charge in [0.1, 0.15) is 0 Å². The van der Waals surface area contributed by atoms with Gasteiger partial charge in [0.05, 0.1) is 13.7 Å². The van der Waals surface area contributed by atoms with Crippen LogP contribution in [0.25, 0.3) is 0 Å².